The second-order valence-corrected chi connectivity index (χ2v) is 5.87. The Morgan fingerprint density at radius 1 is 1.07 bits per heavy atom. The van der Waals surface area contributed by atoms with Crippen LogP contribution in [0.4, 0.5) is 10.3 Å². The number of rotatable bonds is 4. The predicted octanol–water partition coefficient (Wildman–Crippen LogP) is 4.20. The summed E-state index contributed by atoms with van der Waals surface area (Å²) in [4.78, 5) is 27.6. The molecule has 2 heterocycles. The molecule has 2 aromatic heterocycles. The molecule has 0 aliphatic heterocycles. The van der Waals surface area contributed by atoms with Gasteiger partial charge in [-0.25, -0.2) is 9.37 Å². The van der Waals surface area contributed by atoms with Gasteiger partial charge in [0.2, 0.25) is 0 Å². The first kappa shape index (κ1) is 17.3. The highest BCUT2D eigenvalue weighted by molar-refractivity contribution is 5.80. The number of aromatic nitrogens is 2. The molecule has 0 aliphatic rings. The van der Waals surface area contributed by atoms with Crippen molar-refractivity contribution in [3.63, 3.8) is 0 Å². The Morgan fingerprint density at radius 2 is 1.86 bits per heavy atom. The highest BCUT2D eigenvalue weighted by atomic mass is 19.1. The smallest absolute Gasteiger partial charge is 0.401 e. The van der Waals surface area contributed by atoms with Crippen LogP contribution in [0.25, 0.3) is 28.7 Å². The molecule has 0 fully saturated rings. The molecule has 0 saturated carbocycles. The van der Waals surface area contributed by atoms with Crippen LogP contribution in [0.2, 0.25) is 0 Å². The fraction of sp³-hybridized carbons (Fsp3) is 0. The number of nitro groups is 1. The molecule has 2 aromatic carbocycles. The number of fused-ring (bicyclic) bond motifs is 1. The Labute approximate surface area is 157 Å². The van der Waals surface area contributed by atoms with E-state index in [-0.39, 0.29) is 22.9 Å². The zero-order chi connectivity index (χ0) is 19.7. The van der Waals surface area contributed by atoms with E-state index < -0.39 is 16.3 Å². The van der Waals surface area contributed by atoms with Crippen molar-refractivity contribution in [2.45, 2.75) is 0 Å². The molecule has 0 saturated heterocycles. The summed E-state index contributed by atoms with van der Waals surface area (Å²) in [6.07, 6.45) is 2.99. The summed E-state index contributed by atoms with van der Waals surface area (Å²) in [7, 11) is 0. The Morgan fingerprint density at radius 3 is 2.57 bits per heavy atom. The number of nitrogens with zero attached hydrogens (tertiary/aromatic N) is 3. The molecule has 0 radical (unpaired) electrons. The maximum atomic E-state index is 13.6. The fourth-order valence-electron chi connectivity index (χ4n) is 2.80. The molecule has 4 aromatic rings. The highest BCUT2D eigenvalue weighted by Gasteiger charge is 2.13. The first-order valence-corrected chi connectivity index (χ1v) is 8.23. The summed E-state index contributed by atoms with van der Waals surface area (Å²) < 4.78 is 20.1. The van der Waals surface area contributed by atoms with Crippen LogP contribution in [0.15, 0.2) is 69.9 Å². The van der Waals surface area contributed by atoms with Gasteiger partial charge in [-0.05, 0) is 48.6 Å². The minimum Gasteiger partial charge on any atom is -0.401 e. The van der Waals surface area contributed by atoms with Crippen LogP contribution in [-0.4, -0.2) is 14.5 Å². The molecule has 0 aliphatic carbocycles. The second-order valence-electron chi connectivity index (χ2n) is 5.87. The molecule has 8 heteroatoms. The van der Waals surface area contributed by atoms with Crippen molar-refractivity contribution in [3.05, 3.63) is 98.5 Å². The fourth-order valence-corrected chi connectivity index (χ4v) is 2.80. The number of hydrogen-bond acceptors (Lipinski definition) is 5. The zero-order valence-corrected chi connectivity index (χ0v) is 14.3. The minimum atomic E-state index is -0.639. The Balaban J connectivity index is 1.90. The molecule has 0 N–H and O–H groups in total. The van der Waals surface area contributed by atoms with Crippen molar-refractivity contribution in [3.8, 4) is 5.69 Å². The van der Waals surface area contributed by atoms with Crippen LogP contribution in [0, 0.1) is 15.9 Å². The molecule has 0 spiro atoms. The van der Waals surface area contributed by atoms with Crippen LogP contribution < -0.4 is 5.56 Å². The van der Waals surface area contributed by atoms with Gasteiger partial charge < -0.3 is 4.42 Å². The van der Waals surface area contributed by atoms with Gasteiger partial charge in [-0.15, -0.1) is 0 Å². The normalized spacial score (nSPS) is 11.3. The summed E-state index contributed by atoms with van der Waals surface area (Å²) in [6, 6.07) is 15.3. The molecular formula is C20H12FN3O4. The maximum Gasteiger partial charge on any atom is 0.433 e. The van der Waals surface area contributed by atoms with E-state index in [9.17, 15) is 19.3 Å². The molecule has 7 nitrogen and oxygen atoms in total. The van der Waals surface area contributed by atoms with E-state index in [1.807, 2.05) is 0 Å². The van der Waals surface area contributed by atoms with Gasteiger partial charge in [0.25, 0.3) is 5.56 Å². The van der Waals surface area contributed by atoms with Crippen LogP contribution in [-0.2, 0) is 0 Å². The predicted molar refractivity (Wildman–Crippen MR) is 102 cm³/mol. The number of hydrogen-bond donors (Lipinski definition) is 0. The lowest BCUT2D eigenvalue weighted by Gasteiger charge is -2.11. The Kier molecular flexibility index (Phi) is 4.29. The summed E-state index contributed by atoms with van der Waals surface area (Å²) >= 11 is 0. The third-order valence-corrected chi connectivity index (χ3v) is 4.06. The van der Waals surface area contributed by atoms with Gasteiger partial charge in [0.15, 0.2) is 0 Å². The molecule has 0 atom stereocenters. The van der Waals surface area contributed by atoms with Gasteiger partial charge in [0.1, 0.15) is 22.3 Å². The van der Waals surface area contributed by atoms with Crippen molar-refractivity contribution in [1.29, 1.82) is 0 Å². The molecule has 0 amide bonds. The quantitative estimate of drug-likeness (QED) is 0.393. The average molecular weight is 377 g/mol. The van der Waals surface area contributed by atoms with Gasteiger partial charge >= 0.3 is 5.88 Å². The maximum absolute atomic E-state index is 13.6. The lowest BCUT2D eigenvalue weighted by atomic mass is 10.2. The first-order chi connectivity index (χ1) is 13.5. The molecule has 4 rings (SSSR count). The van der Waals surface area contributed by atoms with Gasteiger partial charge in [-0.3, -0.25) is 19.5 Å². The topological polar surface area (TPSA) is 91.2 Å². The molecule has 0 bridgehead atoms. The van der Waals surface area contributed by atoms with E-state index in [0.29, 0.717) is 11.2 Å². The standard InChI is InChI=1S/C20H12FN3O4/c21-13-6-9-17-16(12-13)20(25)23(14-4-2-1-3-5-14)18(22-17)10-7-15-8-11-19(28-15)24(26)27/h1-12H/b10-7+. The van der Waals surface area contributed by atoms with Gasteiger partial charge in [-0.1, -0.05) is 18.2 Å². The van der Waals surface area contributed by atoms with Gasteiger partial charge in [0, 0.05) is 0 Å². The molecule has 138 valence electrons. The molecule has 0 unspecified atom stereocenters. The van der Waals surface area contributed by atoms with Crippen molar-refractivity contribution >= 4 is 28.9 Å². The average Bonchev–Trinajstić information content (AvgIpc) is 3.17. The molecular weight excluding hydrogens is 365 g/mol. The lowest BCUT2D eigenvalue weighted by Crippen LogP contribution is -2.22. The van der Waals surface area contributed by atoms with Crippen LogP contribution in [0.5, 0.6) is 0 Å². The Hall–Kier alpha value is -4.07. The van der Waals surface area contributed by atoms with E-state index in [1.54, 1.807) is 30.3 Å². The van der Waals surface area contributed by atoms with Crippen LogP contribution in [0.1, 0.15) is 11.6 Å². The van der Waals surface area contributed by atoms with Crippen molar-refractivity contribution in [2.24, 2.45) is 0 Å². The van der Waals surface area contributed by atoms with E-state index in [1.165, 1.54) is 41.0 Å². The van der Waals surface area contributed by atoms with Crippen LogP contribution in [0.3, 0.4) is 0 Å². The van der Waals surface area contributed by atoms with E-state index >= 15 is 0 Å². The van der Waals surface area contributed by atoms with Crippen molar-refractivity contribution < 1.29 is 13.7 Å². The Bertz CT molecular complexity index is 1280. The first-order valence-electron chi connectivity index (χ1n) is 8.23. The number of para-hydroxylation sites is 1. The number of benzene rings is 2. The van der Waals surface area contributed by atoms with E-state index in [4.69, 9.17) is 4.42 Å². The summed E-state index contributed by atoms with van der Waals surface area (Å²) in [6.45, 7) is 0. The van der Waals surface area contributed by atoms with Crippen molar-refractivity contribution in [2.75, 3.05) is 0 Å². The summed E-state index contributed by atoms with van der Waals surface area (Å²) in [5.74, 6) is -0.409. The SMILES string of the molecule is O=c1c2cc(F)ccc2nc(/C=C/c2ccc([N+](=O)[O-])o2)n1-c1ccccc1. The summed E-state index contributed by atoms with van der Waals surface area (Å²) in [5.41, 5.74) is 0.459. The number of halogens is 1. The van der Waals surface area contributed by atoms with Crippen molar-refractivity contribution in [1.82, 2.24) is 9.55 Å². The van der Waals surface area contributed by atoms with E-state index in [0.717, 1.165) is 6.07 Å². The highest BCUT2D eigenvalue weighted by Crippen LogP contribution is 2.19. The third kappa shape index (κ3) is 3.18. The summed E-state index contributed by atoms with van der Waals surface area (Å²) in [5, 5.41) is 10.9. The van der Waals surface area contributed by atoms with Crippen LogP contribution >= 0.6 is 0 Å². The largest absolute Gasteiger partial charge is 0.433 e. The monoisotopic (exact) mass is 377 g/mol. The van der Waals surface area contributed by atoms with Gasteiger partial charge in [-0.2, -0.15) is 0 Å². The third-order valence-electron chi connectivity index (χ3n) is 4.06. The van der Waals surface area contributed by atoms with E-state index in [2.05, 4.69) is 4.98 Å². The number of furan rings is 1. The molecule has 28 heavy (non-hydrogen) atoms. The lowest BCUT2D eigenvalue weighted by molar-refractivity contribution is -0.402. The minimum absolute atomic E-state index is 0.148. The zero-order valence-electron chi connectivity index (χ0n) is 14.3. The second kappa shape index (κ2) is 6.92. The van der Waals surface area contributed by atoms with Gasteiger partial charge in [0.05, 0.1) is 22.7 Å².